The molecule has 0 spiro atoms. The molecule has 0 heterocycles. The molecule has 2 atom stereocenters. The molecule has 0 aromatic heterocycles. The molecule has 4 N–H and O–H groups in total. The third-order valence-electron chi connectivity index (χ3n) is 3.68. The van der Waals surface area contributed by atoms with Gasteiger partial charge in [0.1, 0.15) is 0 Å². The number of carboxylic acid groups (broad SMARTS) is 1. The molecule has 0 radical (unpaired) electrons. The molecule has 2 rings (SSSR count). The van der Waals surface area contributed by atoms with E-state index in [1.165, 1.54) is 0 Å². The van der Waals surface area contributed by atoms with E-state index in [-0.39, 0.29) is 18.0 Å². The maximum absolute atomic E-state index is 11.9. The van der Waals surface area contributed by atoms with Crippen molar-refractivity contribution in [3.05, 3.63) is 29.8 Å². The van der Waals surface area contributed by atoms with Crippen molar-refractivity contribution in [3.8, 4) is 0 Å². The zero-order chi connectivity index (χ0) is 15.2. The maximum Gasteiger partial charge on any atom is 0.319 e. The van der Waals surface area contributed by atoms with E-state index in [1.807, 2.05) is 31.3 Å². The molecule has 6 nitrogen and oxygen atoms in total. The zero-order valence-electron chi connectivity index (χ0n) is 12.1. The molecule has 1 aliphatic rings. The van der Waals surface area contributed by atoms with E-state index in [2.05, 4.69) is 16.0 Å². The predicted molar refractivity (Wildman–Crippen MR) is 80.1 cm³/mol. The van der Waals surface area contributed by atoms with Crippen molar-refractivity contribution in [2.75, 3.05) is 12.4 Å². The summed E-state index contributed by atoms with van der Waals surface area (Å²) in [4.78, 5) is 22.8. The Morgan fingerprint density at radius 2 is 2.14 bits per heavy atom. The summed E-state index contributed by atoms with van der Waals surface area (Å²) in [6.45, 7) is 0.736. The highest BCUT2D eigenvalue weighted by Crippen LogP contribution is 2.25. The van der Waals surface area contributed by atoms with Crippen LogP contribution in [0, 0.1) is 5.92 Å². The molecule has 0 saturated heterocycles. The average Bonchev–Trinajstić information content (AvgIpc) is 2.88. The lowest BCUT2D eigenvalue weighted by molar-refractivity contribution is -0.141. The smallest absolute Gasteiger partial charge is 0.319 e. The van der Waals surface area contributed by atoms with Crippen molar-refractivity contribution in [3.63, 3.8) is 0 Å². The largest absolute Gasteiger partial charge is 0.481 e. The fourth-order valence-electron chi connectivity index (χ4n) is 2.65. The van der Waals surface area contributed by atoms with Gasteiger partial charge in [-0.2, -0.15) is 0 Å². The lowest BCUT2D eigenvalue weighted by Gasteiger charge is -2.14. The van der Waals surface area contributed by atoms with Crippen molar-refractivity contribution in [2.24, 2.45) is 5.92 Å². The first-order chi connectivity index (χ1) is 10.1. The molecule has 114 valence electrons. The summed E-state index contributed by atoms with van der Waals surface area (Å²) >= 11 is 0. The summed E-state index contributed by atoms with van der Waals surface area (Å²) in [5.74, 6) is -1.12. The van der Waals surface area contributed by atoms with Crippen LogP contribution in [0.3, 0.4) is 0 Å². The number of anilines is 1. The first-order valence-electron chi connectivity index (χ1n) is 7.12. The van der Waals surface area contributed by atoms with Crippen molar-refractivity contribution < 1.29 is 14.7 Å². The topological polar surface area (TPSA) is 90.5 Å². The van der Waals surface area contributed by atoms with Crippen LogP contribution in [0.2, 0.25) is 0 Å². The van der Waals surface area contributed by atoms with E-state index in [1.54, 1.807) is 0 Å². The van der Waals surface area contributed by atoms with Crippen molar-refractivity contribution in [1.29, 1.82) is 0 Å². The zero-order valence-corrected chi connectivity index (χ0v) is 12.1. The third-order valence-corrected chi connectivity index (χ3v) is 3.68. The molecule has 2 unspecified atom stereocenters. The van der Waals surface area contributed by atoms with Gasteiger partial charge in [0.15, 0.2) is 0 Å². The van der Waals surface area contributed by atoms with Gasteiger partial charge in [0.25, 0.3) is 0 Å². The van der Waals surface area contributed by atoms with Crippen LogP contribution in [0.1, 0.15) is 24.8 Å². The average molecular weight is 291 g/mol. The Hall–Kier alpha value is -2.08. The van der Waals surface area contributed by atoms with Gasteiger partial charge < -0.3 is 21.1 Å². The molecule has 21 heavy (non-hydrogen) atoms. The summed E-state index contributed by atoms with van der Waals surface area (Å²) in [7, 11) is 1.87. The van der Waals surface area contributed by atoms with Gasteiger partial charge in [0, 0.05) is 18.3 Å². The van der Waals surface area contributed by atoms with Crippen LogP contribution in [-0.4, -0.2) is 30.2 Å². The Kier molecular flexibility index (Phi) is 5.16. The van der Waals surface area contributed by atoms with Gasteiger partial charge in [0.2, 0.25) is 0 Å². The van der Waals surface area contributed by atoms with Crippen LogP contribution in [0.25, 0.3) is 0 Å². The first-order valence-corrected chi connectivity index (χ1v) is 7.12. The number of carbonyl (C=O) groups excluding carboxylic acids is 1. The molecule has 1 saturated carbocycles. The van der Waals surface area contributed by atoms with Crippen molar-refractivity contribution >= 4 is 17.7 Å². The number of aliphatic carboxylic acids is 1. The van der Waals surface area contributed by atoms with Gasteiger partial charge >= 0.3 is 12.0 Å². The molecule has 1 aromatic rings. The van der Waals surface area contributed by atoms with Crippen molar-refractivity contribution in [2.45, 2.75) is 31.8 Å². The monoisotopic (exact) mass is 291 g/mol. The number of hydrogen-bond donors (Lipinski definition) is 4. The van der Waals surface area contributed by atoms with E-state index in [9.17, 15) is 9.59 Å². The van der Waals surface area contributed by atoms with Crippen molar-refractivity contribution in [1.82, 2.24) is 10.6 Å². The highest BCUT2D eigenvalue weighted by Gasteiger charge is 2.30. The molecular weight excluding hydrogens is 270 g/mol. The molecule has 6 heteroatoms. The number of urea groups is 1. The van der Waals surface area contributed by atoms with Gasteiger partial charge in [-0.3, -0.25) is 4.79 Å². The number of nitrogens with one attached hydrogen (secondary N) is 3. The summed E-state index contributed by atoms with van der Waals surface area (Å²) in [6, 6.07) is 7.25. The van der Waals surface area contributed by atoms with Crippen LogP contribution < -0.4 is 16.0 Å². The minimum atomic E-state index is -0.778. The standard InChI is InChI=1S/C15H21N3O3/c1-16-9-10-3-2-4-12(7-10)17-15(21)18-13-6-5-11(8-13)14(19)20/h2-4,7,11,13,16H,5-6,8-9H2,1H3,(H,19,20)(H2,17,18,21). The molecule has 0 bridgehead atoms. The number of rotatable bonds is 5. The molecule has 1 fully saturated rings. The van der Waals surface area contributed by atoms with Gasteiger partial charge in [-0.05, 0) is 44.0 Å². The summed E-state index contributed by atoms with van der Waals surface area (Å²) in [5, 5.41) is 17.6. The van der Waals surface area contributed by atoms with Crippen LogP contribution in [0.15, 0.2) is 24.3 Å². The van der Waals surface area contributed by atoms with E-state index in [4.69, 9.17) is 5.11 Å². The molecule has 0 aliphatic heterocycles. The van der Waals surface area contributed by atoms with Crippen LogP contribution >= 0.6 is 0 Å². The second-order valence-electron chi connectivity index (χ2n) is 5.37. The first kappa shape index (κ1) is 15.3. The Morgan fingerprint density at radius 1 is 1.33 bits per heavy atom. The van der Waals surface area contributed by atoms with E-state index >= 15 is 0 Å². The fraction of sp³-hybridized carbons (Fsp3) is 0.467. The Morgan fingerprint density at radius 3 is 2.81 bits per heavy atom. The second-order valence-corrected chi connectivity index (χ2v) is 5.37. The summed E-state index contributed by atoms with van der Waals surface area (Å²) in [6.07, 6.45) is 1.84. The third kappa shape index (κ3) is 4.46. The Labute approximate surface area is 123 Å². The van der Waals surface area contributed by atoms with E-state index < -0.39 is 5.97 Å². The van der Waals surface area contributed by atoms with E-state index in [0.29, 0.717) is 19.3 Å². The normalized spacial score (nSPS) is 21.0. The van der Waals surface area contributed by atoms with Gasteiger partial charge in [-0.1, -0.05) is 12.1 Å². The second kappa shape index (κ2) is 7.08. The number of carbonyl (C=O) groups is 2. The fourth-order valence-corrected chi connectivity index (χ4v) is 2.65. The Bertz CT molecular complexity index is 519. The highest BCUT2D eigenvalue weighted by atomic mass is 16.4. The number of amides is 2. The van der Waals surface area contributed by atoms with E-state index in [0.717, 1.165) is 17.8 Å². The molecule has 1 aromatic carbocycles. The lowest BCUT2D eigenvalue weighted by atomic mass is 10.1. The van der Waals surface area contributed by atoms with Crippen LogP contribution in [0.5, 0.6) is 0 Å². The molecular formula is C15H21N3O3. The minimum absolute atomic E-state index is 0.0633. The number of carboxylic acids is 1. The van der Waals surface area contributed by atoms with Gasteiger partial charge in [0.05, 0.1) is 5.92 Å². The summed E-state index contributed by atoms with van der Waals surface area (Å²) < 4.78 is 0. The highest BCUT2D eigenvalue weighted by molar-refractivity contribution is 5.89. The van der Waals surface area contributed by atoms with Gasteiger partial charge in [-0.15, -0.1) is 0 Å². The van der Waals surface area contributed by atoms with Gasteiger partial charge in [-0.25, -0.2) is 4.79 Å². The predicted octanol–water partition coefficient (Wildman–Crippen LogP) is 1.78. The minimum Gasteiger partial charge on any atom is -0.481 e. The summed E-state index contributed by atoms with van der Waals surface area (Å²) in [5.41, 5.74) is 1.81. The quantitative estimate of drug-likeness (QED) is 0.665. The molecule has 2 amide bonds. The lowest BCUT2D eigenvalue weighted by Crippen LogP contribution is -2.36. The maximum atomic E-state index is 11.9. The molecule has 1 aliphatic carbocycles. The number of hydrogen-bond acceptors (Lipinski definition) is 3. The van der Waals surface area contributed by atoms with Crippen LogP contribution in [0.4, 0.5) is 10.5 Å². The Balaban J connectivity index is 1.85. The SMILES string of the molecule is CNCc1cccc(NC(=O)NC2CCC(C(=O)O)C2)c1. The van der Waals surface area contributed by atoms with Crippen LogP contribution in [-0.2, 0) is 11.3 Å². The number of benzene rings is 1.